The van der Waals surface area contributed by atoms with Crippen molar-refractivity contribution in [3.63, 3.8) is 0 Å². The summed E-state index contributed by atoms with van der Waals surface area (Å²) >= 11 is 0. The Morgan fingerprint density at radius 2 is 2.03 bits per heavy atom. The number of nitrogens with zero attached hydrogens (tertiary/aromatic N) is 2. The Morgan fingerprint density at radius 3 is 2.64 bits per heavy atom. The van der Waals surface area contributed by atoms with E-state index in [1.165, 1.54) is 4.57 Å². The zero-order chi connectivity index (χ0) is 26.2. The summed E-state index contributed by atoms with van der Waals surface area (Å²) < 4.78 is 28.5. The van der Waals surface area contributed by atoms with Gasteiger partial charge in [-0.25, -0.2) is 14.0 Å². The van der Waals surface area contributed by atoms with Gasteiger partial charge in [-0.2, -0.15) is 0 Å². The molecule has 5 rings (SSSR count). The lowest BCUT2D eigenvalue weighted by Crippen LogP contribution is -2.46. The Kier molecular flexibility index (Phi) is 5.38. The molecule has 0 unspecified atom stereocenters. The summed E-state index contributed by atoms with van der Waals surface area (Å²) in [5, 5.41) is 12.7. The SMILES string of the molecule is C[C@H]1COc2c(N3CC[C@@H](C4(NC(=O)OC(C)(C)C)CC4)C3)c(F)c(N)c3cc(C(=O)O)c(=O)n1c23. The minimum Gasteiger partial charge on any atom is -0.487 e. The molecule has 0 bridgehead atoms. The predicted molar refractivity (Wildman–Crippen MR) is 131 cm³/mol. The number of carboxylic acid groups (broad SMARTS) is 1. The number of aromatic carboxylic acids is 1. The fourth-order valence-corrected chi connectivity index (χ4v) is 5.49. The van der Waals surface area contributed by atoms with Crippen molar-refractivity contribution in [1.29, 1.82) is 0 Å². The molecule has 3 heterocycles. The highest BCUT2D eigenvalue weighted by atomic mass is 19.1. The van der Waals surface area contributed by atoms with Crippen LogP contribution >= 0.6 is 0 Å². The lowest BCUT2D eigenvalue weighted by atomic mass is 9.96. The Morgan fingerprint density at radius 1 is 1.33 bits per heavy atom. The van der Waals surface area contributed by atoms with E-state index < -0.39 is 46.2 Å². The molecule has 194 valence electrons. The summed E-state index contributed by atoms with van der Waals surface area (Å²) in [4.78, 5) is 39.0. The van der Waals surface area contributed by atoms with E-state index in [0.29, 0.717) is 25.0 Å². The highest BCUT2D eigenvalue weighted by molar-refractivity contribution is 6.03. The molecule has 3 aliphatic rings. The standard InChI is InChI=1S/C25H31FN4O6/c1-12-11-35-20-18-14(9-15(22(32)33)21(31)30(12)18)17(27)16(26)19(20)29-8-5-13(10-29)25(6-7-25)28-23(34)36-24(2,3)4/h9,12-13H,5-8,10-11,27H2,1-4H3,(H,28,34)(H,32,33)/t12-,13+/m0/s1. The molecule has 11 heteroatoms. The van der Waals surface area contributed by atoms with Crippen LogP contribution in [-0.4, -0.2) is 52.6 Å². The van der Waals surface area contributed by atoms with Crippen LogP contribution < -0.4 is 26.2 Å². The van der Waals surface area contributed by atoms with E-state index in [1.807, 2.05) is 25.7 Å². The molecule has 1 saturated carbocycles. The lowest BCUT2D eigenvalue weighted by Gasteiger charge is -2.32. The van der Waals surface area contributed by atoms with Gasteiger partial charge in [-0.1, -0.05) is 0 Å². The highest BCUT2D eigenvalue weighted by Gasteiger charge is 2.53. The number of aromatic nitrogens is 1. The van der Waals surface area contributed by atoms with Gasteiger partial charge in [0.1, 0.15) is 23.5 Å². The molecule has 1 amide bonds. The summed E-state index contributed by atoms with van der Waals surface area (Å²) in [7, 11) is 0. The first-order chi connectivity index (χ1) is 16.8. The number of carbonyl (C=O) groups is 2. The molecule has 2 atom stereocenters. The summed E-state index contributed by atoms with van der Waals surface area (Å²) in [6, 6.07) is 0.670. The van der Waals surface area contributed by atoms with Crippen molar-refractivity contribution in [2.75, 3.05) is 30.3 Å². The number of nitrogens with one attached hydrogen (secondary N) is 1. The summed E-state index contributed by atoms with van der Waals surface area (Å²) in [5.74, 6) is -1.86. The number of carbonyl (C=O) groups excluding carboxylic acids is 1. The van der Waals surface area contributed by atoms with E-state index >= 15 is 4.39 Å². The molecule has 10 nitrogen and oxygen atoms in total. The van der Waals surface area contributed by atoms with E-state index in [-0.39, 0.29) is 35.0 Å². The van der Waals surface area contributed by atoms with E-state index in [2.05, 4.69) is 5.32 Å². The number of nitrogens with two attached hydrogens (primary N) is 1. The third kappa shape index (κ3) is 3.81. The van der Waals surface area contributed by atoms with Crippen molar-refractivity contribution in [2.24, 2.45) is 5.92 Å². The monoisotopic (exact) mass is 502 g/mol. The number of hydrogen-bond acceptors (Lipinski definition) is 7. The topological polar surface area (TPSA) is 136 Å². The average Bonchev–Trinajstić information content (AvgIpc) is 3.37. The number of alkyl carbamates (subject to hydrolysis) is 1. The van der Waals surface area contributed by atoms with Crippen LogP contribution in [0.5, 0.6) is 5.75 Å². The second kappa shape index (κ2) is 8.01. The third-order valence-corrected chi connectivity index (χ3v) is 7.36. The average molecular weight is 503 g/mol. The fraction of sp³-hybridized carbons (Fsp3) is 0.560. The maximum Gasteiger partial charge on any atom is 0.408 e. The molecular formula is C25H31FN4O6. The molecular weight excluding hydrogens is 471 g/mol. The smallest absolute Gasteiger partial charge is 0.408 e. The minimum absolute atomic E-state index is 0.0626. The van der Waals surface area contributed by atoms with Crippen LogP contribution in [0, 0.1) is 11.7 Å². The molecule has 4 N–H and O–H groups in total. The third-order valence-electron chi connectivity index (χ3n) is 7.36. The molecule has 1 aliphatic carbocycles. The van der Waals surface area contributed by atoms with Gasteiger partial charge in [0.15, 0.2) is 11.6 Å². The second-order valence-corrected chi connectivity index (χ2v) is 11.1. The molecule has 36 heavy (non-hydrogen) atoms. The van der Waals surface area contributed by atoms with Crippen molar-refractivity contribution >= 4 is 34.3 Å². The van der Waals surface area contributed by atoms with E-state index in [9.17, 15) is 19.5 Å². The summed E-state index contributed by atoms with van der Waals surface area (Å²) in [6.07, 6.45) is 1.87. The lowest BCUT2D eigenvalue weighted by molar-refractivity contribution is 0.0477. The van der Waals surface area contributed by atoms with Crippen molar-refractivity contribution in [2.45, 2.75) is 64.1 Å². The zero-order valence-corrected chi connectivity index (χ0v) is 20.8. The van der Waals surface area contributed by atoms with Crippen LogP contribution in [0.15, 0.2) is 10.9 Å². The number of hydrogen-bond donors (Lipinski definition) is 3. The van der Waals surface area contributed by atoms with Crippen molar-refractivity contribution in [3.8, 4) is 5.75 Å². The van der Waals surface area contributed by atoms with E-state index in [0.717, 1.165) is 18.9 Å². The predicted octanol–water partition coefficient (Wildman–Crippen LogP) is 3.26. The van der Waals surface area contributed by atoms with Crippen molar-refractivity contribution < 1.29 is 28.6 Å². The van der Waals surface area contributed by atoms with Gasteiger partial charge >= 0.3 is 12.1 Å². The number of nitrogen functional groups attached to an aromatic ring is 1. The largest absolute Gasteiger partial charge is 0.487 e. The van der Waals surface area contributed by atoms with E-state index in [1.54, 1.807) is 6.92 Å². The number of ether oxygens (including phenoxy) is 2. The minimum atomic E-state index is -1.40. The molecule has 0 spiro atoms. The van der Waals surface area contributed by atoms with Gasteiger partial charge in [-0.15, -0.1) is 0 Å². The molecule has 1 aromatic carbocycles. The highest BCUT2D eigenvalue weighted by Crippen LogP contribution is 2.50. The van der Waals surface area contributed by atoms with Crippen molar-refractivity contribution in [1.82, 2.24) is 9.88 Å². The first kappa shape index (κ1) is 24.2. The number of halogens is 1. The number of benzene rings is 1. The number of rotatable bonds is 4. The Balaban J connectivity index is 1.53. The molecule has 1 saturated heterocycles. The van der Waals surface area contributed by atoms with Gasteiger partial charge in [0.25, 0.3) is 5.56 Å². The zero-order valence-electron chi connectivity index (χ0n) is 20.8. The molecule has 0 radical (unpaired) electrons. The van der Waals surface area contributed by atoms with Gasteiger partial charge < -0.3 is 30.5 Å². The first-order valence-corrected chi connectivity index (χ1v) is 12.2. The number of amides is 1. The van der Waals surface area contributed by atoms with Crippen molar-refractivity contribution in [3.05, 3.63) is 27.8 Å². The maximum absolute atomic E-state index is 15.8. The Bertz CT molecular complexity index is 1340. The fourth-order valence-electron chi connectivity index (χ4n) is 5.49. The van der Waals surface area contributed by atoms with Crippen LogP contribution in [-0.2, 0) is 4.74 Å². The number of pyridine rings is 1. The molecule has 2 aliphatic heterocycles. The molecule has 2 fully saturated rings. The Labute approximate surface area is 207 Å². The number of carboxylic acids is 1. The maximum atomic E-state index is 15.8. The number of anilines is 2. The van der Waals surface area contributed by atoms with Crippen LogP contribution in [0.4, 0.5) is 20.6 Å². The Hall–Kier alpha value is -3.50. The van der Waals surface area contributed by atoms with Gasteiger partial charge in [0.2, 0.25) is 0 Å². The summed E-state index contributed by atoms with van der Waals surface area (Å²) in [6.45, 7) is 8.21. The molecule has 1 aromatic heterocycles. The quantitative estimate of drug-likeness (QED) is 0.542. The first-order valence-electron chi connectivity index (χ1n) is 12.2. The van der Waals surface area contributed by atoms with Crippen LogP contribution in [0.1, 0.15) is 63.4 Å². The van der Waals surface area contributed by atoms with Crippen LogP contribution in [0.3, 0.4) is 0 Å². The van der Waals surface area contributed by atoms with E-state index in [4.69, 9.17) is 15.2 Å². The van der Waals surface area contributed by atoms with Gasteiger partial charge in [0.05, 0.1) is 17.2 Å². The van der Waals surface area contributed by atoms with Crippen LogP contribution in [0.25, 0.3) is 10.9 Å². The second-order valence-electron chi connectivity index (χ2n) is 11.1. The van der Waals surface area contributed by atoms with Crippen LogP contribution in [0.2, 0.25) is 0 Å². The van der Waals surface area contributed by atoms with Gasteiger partial charge in [0, 0.05) is 29.9 Å². The van der Waals surface area contributed by atoms with Gasteiger partial charge in [-0.05, 0) is 53.0 Å². The molecule has 2 aromatic rings. The van der Waals surface area contributed by atoms with Gasteiger partial charge in [-0.3, -0.25) is 9.36 Å². The normalized spacial score (nSPS) is 22.3. The summed E-state index contributed by atoms with van der Waals surface area (Å²) in [5.41, 5.74) is 4.27.